The van der Waals surface area contributed by atoms with Gasteiger partial charge in [0.05, 0.1) is 18.8 Å². The second-order valence-electron chi connectivity index (χ2n) is 8.32. The van der Waals surface area contributed by atoms with E-state index in [0.29, 0.717) is 22.1 Å². The predicted octanol–water partition coefficient (Wildman–Crippen LogP) is 5.70. The minimum absolute atomic E-state index is 0. The van der Waals surface area contributed by atoms with Crippen LogP contribution in [0, 0.1) is 17.9 Å². The fourth-order valence-electron chi connectivity index (χ4n) is 3.99. The number of thioether (sulfide) groups is 1. The van der Waals surface area contributed by atoms with Gasteiger partial charge in [-0.25, -0.2) is 0 Å². The minimum Gasteiger partial charge on any atom is -0.395 e. The molecule has 179 valence electrons. The van der Waals surface area contributed by atoms with E-state index in [1.54, 1.807) is 6.07 Å². The van der Waals surface area contributed by atoms with Crippen LogP contribution in [0.5, 0.6) is 0 Å². The number of carbonyl (C=O) groups excluding carboxylic acids is 1. The molecule has 1 aliphatic carbocycles. The molecule has 1 heterocycles. The van der Waals surface area contributed by atoms with Crippen molar-refractivity contribution in [2.24, 2.45) is 0 Å². The van der Waals surface area contributed by atoms with Crippen LogP contribution in [0.3, 0.4) is 0 Å². The van der Waals surface area contributed by atoms with Gasteiger partial charge in [-0.05, 0) is 54.2 Å². The molecular weight excluding hydrogens is 533 g/mol. The van der Waals surface area contributed by atoms with Crippen LogP contribution >= 0.6 is 11.8 Å². The summed E-state index contributed by atoms with van der Waals surface area (Å²) in [5.74, 6) is 5.22. The maximum Gasteiger partial charge on any atom is 0.298 e. The molecule has 3 aromatic rings. The van der Waals surface area contributed by atoms with E-state index in [-0.39, 0.29) is 45.7 Å². The molecule has 1 amide bonds. The Morgan fingerprint density at radius 3 is 2.54 bits per heavy atom. The largest absolute Gasteiger partial charge is 0.395 e. The quantitative estimate of drug-likeness (QED) is 0.264. The summed E-state index contributed by atoms with van der Waals surface area (Å²) in [6.45, 7) is -0.0744. The third kappa shape index (κ3) is 8.57. The molecule has 1 radical (unpaired) electrons. The van der Waals surface area contributed by atoms with Crippen LogP contribution in [0.2, 0.25) is 0 Å². The van der Waals surface area contributed by atoms with Crippen LogP contribution in [0.4, 0.5) is 17.2 Å². The number of aliphatic hydroxyl groups excluding tert-OH is 1. The molecule has 0 unspecified atom stereocenters. The van der Waals surface area contributed by atoms with Gasteiger partial charge in [0.1, 0.15) is 0 Å². The molecule has 1 aromatic heterocycles. The van der Waals surface area contributed by atoms with Crippen molar-refractivity contribution in [3.63, 3.8) is 0 Å². The van der Waals surface area contributed by atoms with Gasteiger partial charge < -0.3 is 15.7 Å². The van der Waals surface area contributed by atoms with Crippen LogP contribution < -0.4 is 10.6 Å². The Balaban J connectivity index is 0.00000342. The van der Waals surface area contributed by atoms with Gasteiger partial charge in [-0.15, -0.1) is 30.0 Å². The van der Waals surface area contributed by atoms with Crippen molar-refractivity contribution in [1.29, 1.82) is 0 Å². The zero-order chi connectivity index (χ0) is 23.6. The summed E-state index contributed by atoms with van der Waals surface area (Å²) in [6.07, 6.45) is 11.2. The maximum absolute atomic E-state index is 12.0. The first-order chi connectivity index (χ1) is 16.7. The Kier molecular flexibility index (Phi) is 11.5. The summed E-state index contributed by atoms with van der Waals surface area (Å²) < 4.78 is 0. The molecule has 1 aliphatic rings. The summed E-state index contributed by atoms with van der Waals surface area (Å²) >= 11 is 1.99. The monoisotopic (exact) mass is 562 g/mol. The van der Waals surface area contributed by atoms with E-state index in [2.05, 4.69) is 62.8 Å². The number of aliphatic hydroxyl groups is 1. The van der Waals surface area contributed by atoms with E-state index in [0.717, 1.165) is 11.2 Å². The maximum atomic E-state index is 12.0. The molecule has 4 rings (SSSR count). The number of hydrogen-bond acceptors (Lipinski definition) is 6. The van der Waals surface area contributed by atoms with Gasteiger partial charge in [-0.1, -0.05) is 43.4 Å². The van der Waals surface area contributed by atoms with Gasteiger partial charge in [0, 0.05) is 55.0 Å². The Hall–Kier alpha value is -1.98. The van der Waals surface area contributed by atoms with Crippen molar-refractivity contribution in [2.45, 2.75) is 61.5 Å². The van der Waals surface area contributed by atoms with E-state index in [4.69, 9.17) is 5.11 Å². The molecule has 6 nitrogen and oxygen atoms in total. The van der Waals surface area contributed by atoms with E-state index in [1.807, 2.05) is 17.8 Å². The fraction of sp³-hybridized carbons (Fsp3) is 0.370. The Morgan fingerprint density at radius 2 is 1.80 bits per heavy atom. The molecule has 8 heteroatoms. The van der Waals surface area contributed by atoms with E-state index in [1.165, 1.54) is 56.2 Å². The number of aromatic nitrogens is 2. The second kappa shape index (κ2) is 14.6. The molecule has 0 spiro atoms. The molecule has 0 atom stereocenters. The number of carbonyl (C=O) groups is 1. The molecule has 1 fully saturated rings. The molecule has 35 heavy (non-hydrogen) atoms. The number of nitrogens with one attached hydrogen (secondary N) is 2. The molecule has 3 N–H and O–H groups in total. The van der Waals surface area contributed by atoms with Crippen molar-refractivity contribution in [1.82, 2.24) is 9.97 Å². The number of amides is 1. The SMILES string of the molecule is O=C(C#CCCO)Nc1[c-]c2c(Nc3ccc(SC4CCCCCCC4)cc3)ncnc2cc1.[Y]. The summed E-state index contributed by atoms with van der Waals surface area (Å²) in [5.41, 5.74) is 2.14. The van der Waals surface area contributed by atoms with E-state index >= 15 is 0 Å². The van der Waals surface area contributed by atoms with Crippen LogP contribution in [0.15, 0.2) is 47.6 Å². The zero-order valence-corrected chi connectivity index (χ0v) is 23.4. The van der Waals surface area contributed by atoms with Gasteiger partial charge in [0.15, 0.2) is 0 Å². The number of nitrogens with zero attached hydrogens (tertiary/aromatic N) is 2. The molecule has 1 saturated carbocycles. The Morgan fingerprint density at radius 1 is 1.06 bits per heavy atom. The van der Waals surface area contributed by atoms with Crippen molar-refractivity contribution in [3.05, 3.63) is 48.8 Å². The third-order valence-corrected chi connectivity index (χ3v) is 7.05. The van der Waals surface area contributed by atoms with Crippen molar-refractivity contribution < 1.29 is 42.6 Å². The molecular formula is C27H29N4O2SY-. The van der Waals surface area contributed by atoms with Gasteiger partial charge >= 0.3 is 0 Å². The summed E-state index contributed by atoms with van der Waals surface area (Å²) in [6, 6.07) is 15.2. The fourth-order valence-corrected chi connectivity index (χ4v) is 5.24. The number of rotatable bonds is 6. The number of hydrogen-bond donors (Lipinski definition) is 3. The van der Waals surface area contributed by atoms with Gasteiger partial charge in [0.2, 0.25) is 0 Å². The van der Waals surface area contributed by atoms with E-state index in [9.17, 15) is 4.79 Å². The van der Waals surface area contributed by atoms with Crippen molar-refractivity contribution >= 4 is 45.8 Å². The first-order valence-corrected chi connectivity index (χ1v) is 12.7. The Labute approximate surface area is 236 Å². The predicted molar refractivity (Wildman–Crippen MR) is 138 cm³/mol. The average molecular weight is 563 g/mol. The van der Waals surface area contributed by atoms with E-state index < -0.39 is 5.91 Å². The zero-order valence-electron chi connectivity index (χ0n) is 19.7. The van der Waals surface area contributed by atoms with Gasteiger partial charge in [0.25, 0.3) is 5.91 Å². The topological polar surface area (TPSA) is 87.1 Å². The first-order valence-electron chi connectivity index (χ1n) is 11.8. The van der Waals surface area contributed by atoms with Crippen LogP contribution in [0.25, 0.3) is 10.9 Å². The molecule has 0 saturated heterocycles. The summed E-state index contributed by atoms with van der Waals surface area (Å²) in [7, 11) is 0. The summed E-state index contributed by atoms with van der Waals surface area (Å²) in [4.78, 5) is 22.0. The normalized spacial score (nSPS) is 14.1. The average Bonchev–Trinajstić information content (AvgIpc) is 2.82. The summed E-state index contributed by atoms with van der Waals surface area (Å²) in [5, 5.41) is 16.2. The molecule has 2 aromatic carbocycles. The number of fused-ring (bicyclic) bond motifs is 1. The molecule has 0 bridgehead atoms. The van der Waals surface area contributed by atoms with Gasteiger partial charge in [-0.3, -0.25) is 14.8 Å². The Bertz CT molecular complexity index is 1170. The number of benzene rings is 2. The van der Waals surface area contributed by atoms with Crippen molar-refractivity contribution in [2.75, 3.05) is 17.2 Å². The first kappa shape index (κ1) is 27.6. The van der Waals surface area contributed by atoms with Crippen LogP contribution in [-0.2, 0) is 37.5 Å². The van der Waals surface area contributed by atoms with Crippen LogP contribution in [0.1, 0.15) is 51.4 Å². The van der Waals surface area contributed by atoms with Crippen molar-refractivity contribution in [3.8, 4) is 11.8 Å². The smallest absolute Gasteiger partial charge is 0.298 e. The van der Waals surface area contributed by atoms with Crippen LogP contribution in [-0.4, -0.2) is 32.8 Å². The number of anilines is 3. The minimum atomic E-state index is -0.451. The van der Waals surface area contributed by atoms with Gasteiger partial charge in [-0.2, -0.15) is 0 Å². The third-order valence-electron chi connectivity index (χ3n) is 5.70. The second-order valence-corrected chi connectivity index (χ2v) is 9.69. The standard InChI is InChI=1S/C27H29N4O2S.Y/c32-17-7-6-10-26(33)30-21-13-16-25-24(18-21)27(29-19-28-25)31-20-11-14-23(15-12-20)34-22-8-4-2-1-3-5-9-22;/h11-16,19,22,32H,1-5,7-9,17H2,(H,30,33)(H,28,29,31);/q-1;. The molecule has 0 aliphatic heterocycles.